The van der Waals surface area contributed by atoms with Gasteiger partial charge in [-0.15, -0.1) is 0 Å². The number of hydrogen-bond acceptors (Lipinski definition) is 7. The number of benzene rings is 1. The highest BCUT2D eigenvalue weighted by Crippen LogP contribution is 2.34. The number of aromatic nitrogens is 3. The molecule has 0 aliphatic carbocycles. The summed E-state index contributed by atoms with van der Waals surface area (Å²) < 4.78 is 6.06. The van der Waals surface area contributed by atoms with Crippen LogP contribution in [0.3, 0.4) is 0 Å². The molecule has 1 aliphatic heterocycles. The molecule has 1 aliphatic rings. The van der Waals surface area contributed by atoms with Gasteiger partial charge in [0, 0.05) is 49.5 Å². The standard InChI is InChI=1S/C26H30ClN7O2/c1-5-22(35)30-19-8-10-20(11-9-19)36-25-23-21(27)16-28-24(23)31-26(32-25)29-17(2)6-7-18(3)34-14-12-33(4)13-15-34/h5-11,16H,1,12-15H2,2-4H3,(H,30,35)(H2,28,29,31,32)/b17-6+,18-7+. The van der Waals surface area contributed by atoms with Crippen LogP contribution >= 0.6 is 11.6 Å². The van der Waals surface area contributed by atoms with E-state index in [4.69, 9.17) is 16.3 Å². The van der Waals surface area contributed by atoms with Gasteiger partial charge in [0.15, 0.2) is 0 Å². The maximum absolute atomic E-state index is 11.5. The largest absolute Gasteiger partial charge is 0.438 e. The number of allylic oxidation sites excluding steroid dienone is 4. The van der Waals surface area contributed by atoms with Crippen molar-refractivity contribution in [3.63, 3.8) is 0 Å². The summed E-state index contributed by atoms with van der Waals surface area (Å²) in [5, 5.41) is 6.98. The first-order valence-corrected chi connectivity index (χ1v) is 12.0. The summed E-state index contributed by atoms with van der Waals surface area (Å²) in [4.78, 5) is 28.4. The molecule has 3 N–H and O–H groups in total. The van der Waals surface area contributed by atoms with Crippen LogP contribution in [0.4, 0.5) is 11.6 Å². The molecule has 1 fully saturated rings. The van der Waals surface area contributed by atoms with Crippen molar-refractivity contribution >= 4 is 40.2 Å². The van der Waals surface area contributed by atoms with Crippen molar-refractivity contribution in [2.45, 2.75) is 13.8 Å². The Morgan fingerprint density at radius 3 is 2.53 bits per heavy atom. The highest BCUT2D eigenvalue weighted by atomic mass is 35.5. The van der Waals surface area contributed by atoms with Crippen LogP contribution in [0, 0.1) is 0 Å². The first kappa shape index (κ1) is 25.3. The summed E-state index contributed by atoms with van der Waals surface area (Å²) in [7, 11) is 2.15. The summed E-state index contributed by atoms with van der Waals surface area (Å²) in [6, 6.07) is 6.93. The summed E-state index contributed by atoms with van der Waals surface area (Å²) >= 11 is 6.37. The topological polar surface area (TPSA) is 98.4 Å². The van der Waals surface area contributed by atoms with Gasteiger partial charge in [-0.2, -0.15) is 9.97 Å². The van der Waals surface area contributed by atoms with Gasteiger partial charge in [0.1, 0.15) is 16.8 Å². The molecular weight excluding hydrogens is 478 g/mol. The Hall–Kier alpha value is -3.82. The molecular formula is C26H30ClN7O2. The van der Waals surface area contributed by atoms with E-state index in [1.165, 1.54) is 11.8 Å². The molecule has 3 aromatic rings. The number of aromatic amines is 1. The van der Waals surface area contributed by atoms with E-state index in [2.05, 4.69) is 62.0 Å². The van der Waals surface area contributed by atoms with E-state index in [0.29, 0.717) is 39.3 Å². The smallest absolute Gasteiger partial charge is 0.247 e. The van der Waals surface area contributed by atoms with Gasteiger partial charge in [-0.1, -0.05) is 18.2 Å². The fourth-order valence-electron chi connectivity index (χ4n) is 3.73. The lowest BCUT2D eigenvalue weighted by Gasteiger charge is -2.34. The van der Waals surface area contributed by atoms with E-state index < -0.39 is 0 Å². The number of nitrogens with zero attached hydrogens (tertiary/aromatic N) is 4. The van der Waals surface area contributed by atoms with Gasteiger partial charge in [0.2, 0.25) is 17.7 Å². The van der Waals surface area contributed by atoms with Crippen LogP contribution in [-0.2, 0) is 4.79 Å². The molecule has 0 spiro atoms. The van der Waals surface area contributed by atoms with Crippen molar-refractivity contribution < 1.29 is 9.53 Å². The normalized spacial score (nSPS) is 15.2. The van der Waals surface area contributed by atoms with E-state index in [1.54, 1.807) is 30.5 Å². The summed E-state index contributed by atoms with van der Waals surface area (Å²) in [5.41, 5.74) is 3.28. The highest BCUT2D eigenvalue weighted by molar-refractivity contribution is 6.35. The second kappa shape index (κ2) is 11.3. The van der Waals surface area contributed by atoms with E-state index in [0.717, 1.165) is 31.9 Å². The molecule has 1 aromatic carbocycles. The van der Waals surface area contributed by atoms with E-state index >= 15 is 0 Å². The number of fused-ring (bicyclic) bond motifs is 1. The Morgan fingerprint density at radius 1 is 1.11 bits per heavy atom. The average Bonchev–Trinajstić information content (AvgIpc) is 3.24. The van der Waals surface area contributed by atoms with Crippen LogP contribution in [0.25, 0.3) is 11.0 Å². The lowest BCUT2D eigenvalue weighted by atomic mass is 10.2. The zero-order valence-electron chi connectivity index (χ0n) is 20.6. The van der Waals surface area contributed by atoms with Gasteiger partial charge in [-0.25, -0.2) is 0 Å². The summed E-state index contributed by atoms with van der Waals surface area (Å²) in [6.07, 6.45) is 6.97. The molecule has 3 heterocycles. The Bertz CT molecular complexity index is 1310. The van der Waals surface area contributed by atoms with E-state index in [-0.39, 0.29) is 5.91 Å². The molecule has 9 nitrogen and oxygen atoms in total. The SMILES string of the molecule is C=CC(=O)Nc1ccc(Oc2nc(N/C(C)=C/C=C(\C)N3CCN(C)CC3)nc3[nH]cc(Cl)c23)cc1. The zero-order valence-corrected chi connectivity index (χ0v) is 21.4. The summed E-state index contributed by atoms with van der Waals surface area (Å²) in [5.74, 6) is 0.944. The van der Waals surface area contributed by atoms with E-state index in [9.17, 15) is 4.79 Å². The molecule has 4 rings (SSSR count). The minimum atomic E-state index is -0.284. The number of amides is 1. The molecule has 188 valence electrons. The second-order valence-corrected chi connectivity index (χ2v) is 9.01. The zero-order chi connectivity index (χ0) is 25.7. The van der Waals surface area contributed by atoms with Gasteiger partial charge in [-0.3, -0.25) is 4.79 Å². The quantitative estimate of drug-likeness (QED) is 0.291. The van der Waals surface area contributed by atoms with Crippen molar-refractivity contribution in [1.29, 1.82) is 0 Å². The predicted octanol–water partition coefficient (Wildman–Crippen LogP) is 5.00. The molecule has 2 aromatic heterocycles. The van der Waals surface area contributed by atoms with Crippen molar-refractivity contribution in [2.75, 3.05) is 43.9 Å². The van der Waals surface area contributed by atoms with Gasteiger partial charge < -0.3 is 30.2 Å². The van der Waals surface area contributed by atoms with Gasteiger partial charge in [-0.05, 0) is 63.4 Å². The third-order valence-electron chi connectivity index (χ3n) is 5.86. The first-order chi connectivity index (χ1) is 17.3. The van der Waals surface area contributed by atoms with Crippen LogP contribution in [0.5, 0.6) is 11.6 Å². The second-order valence-electron chi connectivity index (χ2n) is 8.61. The number of halogens is 1. The number of rotatable bonds is 8. The number of hydrogen-bond donors (Lipinski definition) is 3. The molecule has 0 unspecified atom stereocenters. The monoisotopic (exact) mass is 507 g/mol. The van der Waals surface area contributed by atoms with Crippen LogP contribution < -0.4 is 15.4 Å². The molecule has 0 atom stereocenters. The van der Waals surface area contributed by atoms with Gasteiger partial charge >= 0.3 is 0 Å². The number of carbonyl (C=O) groups excluding carboxylic acids is 1. The molecule has 1 saturated heterocycles. The molecule has 0 bridgehead atoms. The molecule has 10 heteroatoms. The minimum absolute atomic E-state index is 0.284. The number of nitrogens with one attached hydrogen (secondary N) is 3. The maximum Gasteiger partial charge on any atom is 0.247 e. The minimum Gasteiger partial charge on any atom is -0.438 e. The van der Waals surface area contributed by atoms with Crippen molar-refractivity contribution in [2.24, 2.45) is 0 Å². The first-order valence-electron chi connectivity index (χ1n) is 11.6. The lowest BCUT2D eigenvalue weighted by molar-refractivity contribution is -0.111. The third-order valence-corrected chi connectivity index (χ3v) is 6.16. The fraction of sp³-hybridized carbons (Fsp3) is 0.269. The summed E-state index contributed by atoms with van der Waals surface area (Å²) in [6.45, 7) is 11.7. The third kappa shape index (κ3) is 6.24. The van der Waals surface area contributed by atoms with Crippen LogP contribution in [0.2, 0.25) is 5.02 Å². The molecule has 1 amide bonds. The lowest BCUT2D eigenvalue weighted by Crippen LogP contribution is -2.43. The number of anilines is 2. The van der Waals surface area contributed by atoms with Crippen LogP contribution in [-0.4, -0.2) is 63.9 Å². The number of ether oxygens (including phenoxy) is 1. The Morgan fingerprint density at radius 2 is 1.83 bits per heavy atom. The molecule has 0 saturated carbocycles. The Kier molecular flexibility index (Phi) is 7.92. The Labute approximate surface area is 215 Å². The number of carbonyl (C=O) groups is 1. The number of H-pyrrole nitrogens is 1. The fourth-order valence-corrected chi connectivity index (χ4v) is 3.96. The van der Waals surface area contributed by atoms with Crippen LogP contribution in [0.15, 0.2) is 66.7 Å². The van der Waals surface area contributed by atoms with Crippen molar-refractivity contribution in [1.82, 2.24) is 24.8 Å². The number of likely N-dealkylation sites (N-methyl/N-ethyl adjacent to an activating group) is 1. The van der Waals surface area contributed by atoms with Crippen LogP contribution in [0.1, 0.15) is 13.8 Å². The molecule has 36 heavy (non-hydrogen) atoms. The number of piperazine rings is 1. The highest BCUT2D eigenvalue weighted by Gasteiger charge is 2.16. The van der Waals surface area contributed by atoms with Crippen molar-refractivity contribution in [3.05, 3.63) is 71.7 Å². The Balaban J connectivity index is 1.51. The van der Waals surface area contributed by atoms with E-state index in [1.807, 2.05) is 13.0 Å². The van der Waals surface area contributed by atoms with Gasteiger partial charge in [0.05, 0.1) is 5.02 Å². The van der Waals surface area contributed by atoms with Gasteiger partial charge in [0.25, 0.3) is 0 Å². The molecule has 0 radical (unpaired) electrons. The predicted molar refractivity (Wildman–Crippen MR) is 144 cm³/mol. The average molecular weight is 508 g/mol. The van der Waals surface area contributed by atoms with Crippen molar-refractivity contribution in [3.8, 4) is 11.6 Å². The maximum atomic E-state index is 11.5.